The Morgan fingerprint density at radius 2 is 2.05 bits per heavy atom. The predicted octanol–water partition coefficient (Wildman–Crippen LogP) is 3.23. The number of thiophene rings is 1. The molecule has 114 valence electrons. The monoisotopic (exact) mass is 316 g/mol. The molecular weight excluding hydrogens is 292 g/mol. The van der Waals surface area contributed by atoms with Crippen molar-refractivity contribution in [3.8, 4) is 0 Å². The molecule has 0 aliphatic heterocycles. The number of carbonyl (C=O) groups excluding carboxylic acids is 1. The molecular formula is C15H25ClN2OS. The van der Waals surface area contributed by atoms with Crippen molar-refractivity contribution in [2.75, 3.05) is 6.54 Å². The first kappa shape index (κ1) is 17.5. The van der Waals surface area contributed by atoms with Gasteiger partial charge >= 0.3 is 0 Å². The Morgan fingerprint density at radius 1 is 1.40 bits per heavy atom. The molecule has 0 spiro atoms. The van der Waals surface area contributed by atoms with Crippen molar-refractivity contribution in [1.82, 2.24) is 5.32 Å². The van der Waals surface area contributed by atoms with E-state index in [-0.39, 0.29) is 29.3 Å². The zero-order valence-electron chi connectivity index (χ0n) is 12.3. The van der Waals surface area contributed by atoms with Crippen LogP contribution in [0.15, 0.2) is 17.5 Å². The van der Waals surface area contributed by atoms with Gasteiger partial charge in [-0.15, -0.1) is 23.7 Å². The Morgan fingerprint density at radius 3 is 2.55 bits per heavy atom. The van der Waals surface area contributed by atoms with E-state index in [1.54, 1.807) is 11.3 Å². The molecule has 20 heavy (non-hydrogen) atoms. The lowest BCUT2D eigenvalue weighted by atomic mass is 9.72. The fourth-order valence-corrected chi connectivity index (χ4v) is 3.75. The third kappa shape index (κ3) is 3.96. The summed E-state index contributed by atoms with van der Waals surface area (Å²) in [6, 6.07) is 4.14. The third-order valence-corrected chi connectivity index (χ3v) is 4.91. The highest BCUT2D eigenvalue weighted by Gasteiger charge is 2.42. The van der Waals surface area contributed by atoms with Gasteiger partial charge in [-0.2, -0.15) is 0 Å². The van der Waals surface area contributed by atoms with Crippen LogP contribution in [-0.2, 0) is 10.2 Å². The Kier molecular flexibility index (Phi) is 6.05. The van der Waals surface area contributed by atoms with Gasteiger partial charge in [-0.05, 0) is 38.1 Å². The van der Waals surface area contributed by atoms with Crippen LogP contribution in [0.25, 0.3) is 0 Å². The second kappa shape index (κ2) is 6.92. The highest BCUT2D eigenvalue weighted by Crippen LogP contribution is 2.41. The first-order chi connectivity index (χ1) is 8.94. The van der Waals surface area contributed by atoms with E-state index >= 15 is 0 Å². The molecule has 1 fully saturated rings. The second-order valence-electron chi connectivity index (χ2n) is 6.29. The SMILES string of the molecule is CC(C)(N)CNC(=O)C1(c2cccs2)CCCCC1.Cl. The van der Waals surface area contributed by atoms with Crippen LogP contribution >= 0.6 is 23.7 Å². The molecule has 1 aliphatic carbocycles. The molecule has 0 aromatic carbocycles. The summed E-state index contributed by atoms with van der Waals surface area (Å²) in [5.74, 6) is 0.160. The Labute approximate surface area is 131 Å². The van der Waals surface area contributed by atoms with Gasteiger partial charge < -0.3 is 11.1 Å². The minimum absolute atomic E-state index is 0. The van der Waals surface area contributed by atoms with Gasteiger partial charge in [0.25, 0.3) is 0 Å². The van der Waals surface area contributed by atoms with Gasteiger partial charge in [0.05, 0.1) is 5.41 Å². The number of nitrogens with one attached hydrogen (secondary N) is 1. The maximum absolute atomic E-state index is 12.7. The van der Waals surface area contributed by atoms with E-state index in [9.17, 15) is 4.79 Å². The zero-order valence-corrected chi connectivity index (χ0v) is 13.9. The molecule has 1 aliphatic rings. The number of rotatable bonds is 4. The first-order valence-corrected chi connectivity index (χ1v) is 7.93. The third-order valence-electron chi connectivity index (χ3n) is 3.84. The molecule has 1 saturated carbocycles. The summed E-state index contributed by atoms with van der Waals surface area (Å²) < 4.78 is 0. The van der Waals surface area contributed by atoms with Crippen molar-refractivity contribution < 1.29 is 4.79 Å². The lowest BCUT2D eigenvalue weighted by Gasteiger charge is -2.36. The van der Waals surface area contributed by atoms with Crippen LogP contribution < -0.4 is 11.1 Å². The highest BCUT2D eigenvalue weighted by atomic mass is 35.5. The minimum Gasteiger partial charge on any atom is -0.353 e. The summed E-state index contributed by atoms with van der Waals surface area (Å²) in [5, 5.41) is 5.13. The Balaban J connectivity index is 0.00000200. The molecule has 3 nitrogen and oxygen atoms in total. The van der Waals surface area contributed by atoms with Gasteiger partial charge in [0.2, 0.25) is 5.91 Å². The summed E-state index contributed by atoms with van der Waals surface area (Å²) in [4.78, 5) is 13.9. The van der Waals surface area contributed by atoms with E-state index in [2.05, 4.69) is 16.8 Å². The van der Waals surface area contributed by atoms with Crippen LogP contribution in [0.5, 0.6) is 0 Å². The molecule has 1 amide bonds. The maximum atomic E-state index is 12.7. The topological polar surface area (TPSA) is 55.1 Å². The van der Waals surface area contributed by atoms with Gasteiger partial charge in [-0.1, -0.05) is 25.3 Å². The molecule has 1 aromatic rings. The molecule has 2 rings (SSSR count). The molecule has 0 unspecified atom stereocenters. The summed E-state index contributed by atoms with van der Waals surface area (Å²) in [7, 11) is 0. The van der Waals surface area contributed by atoms with Crippen molar-refractivity contribution in [3.63, 3.8) is 0 Å². The number of amides is 1. The van der Waals surface area contributed by atoms with E-state index in [1.807, 2.05) is 19.9 Å². The summed E-state index contributed by atoms with van der Waals surface area (Å²) in [6.45, 7) is 4.40. The average Bonchev–Trinajstić information content (AvgIpc) is 2.90. The maximum Gasteiger partial charge on any atom is 0.231 e. The number of halogens is 1. The molecule has 0 atom stereocenters. The number of hydrogen-bond donors (Lipinski definition) is 2. The van der Waals surface area contributed by atoms with Crippen molar-refractivity contribution in [2.24, 2.45) is 5.73 Å². The van der Waals surface area contributed by atoms with Crippen LogP contribution in [0, 0.1) is 0 Å². The van der Waals surface area contributed by atoms with E-state index in [4.69, 9.17) is 5.73 Å². The van der Waals surface area contributed by atoms with Gasteiger partial charge in [0.15, 0.2) is 0 Å². The minimum atomic E-state index is -0.360. The highest BCUT2D eigenvalue weighted by molar-refractivity contribution is 7.10. The summed E-state index contributed by atoms with van der Waals surface area (Å²) in [6.07, 6.45) is 5.44. The normalized spacial score (nSPS) is 18.1. The molecule has 5 heteroatoms. The van der Waals surface area contributed by atoms with Crippen LogP contribution in [0.3, 0.4) is 0 Å². The Bertz CT molecular complexity index is 420. The lowest BCUT2D eigenvalue weighted by Crippen LogP contribution is -2.51. The fraction of sp³-hybridized carbons (Fsp3) is 0.667. The van der Waals surface area contributed by atoms with Crippen molar-refractivity contribution in [3.05, 3.63) is 22.4 Å². The summed E-state index contributed by atoms with van der Waals surface area (Å²) >= 11 is 1.70. The number of hydrogen-bond acceptors (Lipinski definition) is 3. The van der Waals surface area contributed by atoms with E-state index < -0.39 is 0 Å². The van der Waals surface area contributed by atoms with Crippen LogP contribution in [-0.4, -0.2) is 18.0 Å². The number of carbonyl (C=O) groups is 1. The quantitative estimate of drug-likeness (QED) is 0.896. The van der Waals surface area contributed by atoms with Crippen molar-refractivity contribution in [2.45, 2.75) is 56.9 Å². The van der Waals surface area contributed by atoms with Gasteiger partial charge in [-0.3, -0.25) is 4.79 Å². The van der Waals surface area contributed by atoms with Gasteiger partial charge in [-0.25, -0.2) is 0 Å². The van der Waals surface area contributed by atoms with Crippen LogP contribution in [0.2, 0.25) is 0 Å². The predicted molar refractivity (Wildman–Crippen MR) is 87.6 cm³/mol. The van der Waals surface area contributed by atoms with Crippen LogP contribution in [0.4, 0.5) is 0 Å². The number of nitrogens with two attached hydrogens (primary N) is 1. The average molecular weight is 317 g/mol. The molecule has 0 radical (unpaired) electrons. The molecule has 1 heterocycles. The zero-order chi connectivity index (χ0) is 13.9. The lowest BCUT2D eigenvalue weighted by molar-refractivity contribution is -0.128. The van der Waals surface area contributed by atoms with Crippen molar-refractivity contribution >= 4 is 29.7 Å². The Hall–Kier alpha value is -0.580. The molecule has 1 aromatic heterocycles. The van der Waals surface area contributed by atoms with E-state index in [0.717, 1.165) is 25.7 Å². The second-order valence-corrected chi connectivity index (χ2v) is 7.24. The van der Waals surface area contributed by atoms with Crippen LogP contribution in [0.1, 0.15) is 50.8 Å². The molecule has 0 saturated heterocycles. The standard InChI is InChI=1S/C15H24N2OS.ClH/c1-14(2,16)11-17-13(18)15(8-4-3-5-9-15)12-7-6-10-19-12;/h6-7,10H,3-5,8-9,11,16H2,1-2H3,(H,17,18);1H. The summed E-state index contributed by atoms with van der Waals surface area (Å²) in [5.41, 5.74) is 5.29. The van der Waals surface area contributed by atoms with E-state index in [1.165, 1.54) is 11.3 Å². The fourth-order valence-electron chi connectivity index (χ4n) is 2.77. The van der Waals surface area contributed by atoms with E-state index in [0.29, 0.717) is 6.54 Å². The smallest absolute Gasteiger partial charge is 0.231 e. The first-order valence-electron chi connectivity index (χ1n) is 7.05. The van der Waals surface area contributed by atoms with Gasteiger partial charge in [0.1, 0.15) is 0 Å². The largest absolute Gasteiger partial charge is 0.353 e. The molecule has 3 N–H and O–H groups in total. The van der Waals surface area contributed by atoms with Crippen molar-refractivity contribution in [1.29, 1.82) is 0 Å². The van der Waals surface area contributed by atoms with Gasteiger partial charge in [0, 0.05) is 17.0 Å². The molecule has 0 bridgehead atoms.